The fourth-order valence-corrected chi connectivity index (χ4v) is 3.51. The minimum atomic E-state index is -3.24. The molecule has 0 spiro atoms. The van der Waals surface area contributed by atoms with Crippen LogP contribution in [0.2, 0.25) is 5.02 Å². The molecule has 0 aliphatic rings. The van der Waals surface area contributed by atoms with Crippen LogP contribution in [0.5, 0.6) is 0 Å². The maximum atomic E-state index is 11.6. The summed E-state index contributed by atoms with van der Waals surface area (Å²) in [6.45, 7) is 4.07. The number of halogens is 1. The van der Waals surface area contributed by atoms with Gasteiger partial charge in [0.2, 0.25) is 0 Å². The number of aromatic nitrogens is 4. The smallest absolute Gasteiger partial charge is 0.175 e. The zero-order chi connectivity index (χ0) is 19.4. The van der Waals surface area contributed by atoms with Gasteiger partial charge in [0.1, 0.15) is 0 Å². The third-order valence-corrected chi connectivity index (χ3v) is 5.70. The minimum Gasteiger partial charge on any atom is -0.292 e. The first kappa shape index (κ1) is 19.5. The van der Waals surface area contributed by atoms with Crippen molar-refractivity contribution in [3.63, 3.8) is 0 Å². The molecule has 7 nitrogen and oxygen atoms in total. The van der Waals surface area contributed by atoms with Crippen molar-refractivity contribution in [1.29, 1.82) is 0 Å². The normalized spacial score (nSPS) is 11.9. The Morgan fingerprint density at radius 1 is 1.07 bits per heavy atom. The van der Waals surface area contributed by atoms with E-state index in [4.69, 9.17) is 11.6 Å². The van der Waals surface area contributed by atoms with E-state index in [9.17, 15) is 8.42 Å². The molecule has 0 radical (unpaired) electrons. The number of benzene rings is 2. The van der Waals surface area contributed by atoms with Gasteiger partial charge in [0.05, 0.1) is 17.1 Å². The standard InChI is InChI=1S/C18H20ClN5O2S/c1-3-23(12-14-6-4-5-7-17(14)19)13-18-20-21-22-24(18)15-8-10-16(11-9-15)27(2,25)26/h4-11H,3,12-13H2,1-2H3. The number of hydrogen-bond acceptors (Lipinski definition) is 6. The molecule has 0 N–H and O–H groups in total. The molecule has 0 amide bonds. The second-order valence-corrected chi connectivity index (χ2v) is 8.59. The van der Waals surface area contributed by atoms with Gasteiger partial charge in [0.15, 0.2) is 15.7 Å². The highest BCUT2D eigenvalue weighted by molar-refractivity contribution is 7.90. The van der Waals surface area contributed by atoms with Crippen LogP contribution in [0.15, 0.2) is 53.4 Å². The minimum absolute atomic E-state index is 0.259. The summed E-state index contributed by atoms with van der Waals surface area (Å²) in [5.74, 6) is 0.663. The van der Waals surface area contributed by atoms with E-state index in [0.717, 1.165) is 17.1 Å². The lowest BCUT2D eigenvalue weighted by molar-refractivity contribution is 0.262. The quantitative estimate of drug-likeness (QED) is 0.601. The van der Waals surface area contributed by atoms with Crippen molar-refractivity contribution in [1.82, 2.24) is 25.1 Å². The Labute approximate surface area is 163 Å². The third-order valence-electron chi connectivity index (χ3n) is 4.21. The molecule has 1 heterocycles. The van der Waals surface area contributed by atoms with E-state index in [1.165, 1.54) is 6.26 Å². The van der Waals surface area contributed by atoms with Crippen molar-refractivity contribution < 1.29 is 8.42 Å². The van der Waals surface area contributed by atoms with Gasteiger partial charge < -0.3 is 0 Å². The van der Waals surface area contributed by atoms with Crippen LogP contribution in [0.4, 0.5) is 0 Å². The molecule has 0 saturated carbocycles. The Morgan fingerprint density at radius 2 is 1.78 bits per heavy atom. The molecule has 0 saturated heterocycles. The molecule has 1 aromatic heterocycles. The number of nitrogens with zero attached hydrogens (tertiary/aromatic N) is 5. The monoisotopic (exact) mass is 405 g/mol. The zero-order valence-electron chi connectivity index (χ0n) is 15.1. The molecule has 3 aromatic rings. The van der Waals surface area contributed by atoms with Crippen LogP contribution in [0.1, 0.15) is 18.3 Å². The van der Waals surface area contributed by atoms with E-state index < -0.39 is 9.84 Å². The maximum Gasteiger partial charge on any atom is 0.175 e. The summed E-state index contributed by atoms with van der Waals surface area (Å²) >= 11 is 6.26. The van der Waals surface area contributed by atoms with Crippen LogP contribution in [-0.2, 0) is 22.9 Å². The van der Waals surface area contributed by atoms with E-state index >= 15 is 0 Å². The molecule has 9 heteroatoms. The average molecular weight is 406 g/mol. The Morgan fingerprint density at radius 3 is 2.41 bits per heavy atom. The fourth-order valence-electron chi connectivity index (χ4n) is 2.69. The second-order valence-electron chi connectivity index (χ2n) is 6.17. The van der Waals surface area contributed by atoms with E-state index in [-0.39, 0.29) is 4.90 Å². The SMILES string of the molecule is CCN(Cc1ccccc1Cl)Cc1nnnn1-c1ccc(S(C)(=O)=O)cc1. The molecule has 27 heavy (non-hydrogen) atoms. The summed E-state index contributed by atoms with van der Waals surface area (Å²) in [5.41, 5.74) is 1.74. The number of tetrazole rings is 1. The highest BCUT2D eigenvalue weighted by Gasteiger charge is 2.15. The van der Waals surface area contributed by atoms with Gasteiger partial charge in [0.25, 0.3) is 0 Å². The summed E-state index contributed by atoms with van der Waals surface area (Å²) in [6, 6.07) is 14.2. The van der Waals surface area contributed by atoms with Crippen LogP contribution < -0.4 is 0 Å². The van der Waals surface area contributed by atoms with Crippen molar-refractivity contribution in [3.8, 4) is 5.69 Å². The van der Waals surface area contributed by atoms with E-state index in [2.05, 4.69) is 27.3 Å². The largest absolute Gasteiger partial charge is 0.292 e. The zero-order valence-corrected chi connectivity index (χ0v) is 16.7. The van der Waals surface area contributed by atoms with Gasteiger partial charge in [-0.25, -0.2) is 8.42 Å². The maximum absolute atomic E-state index is 11.6. The molecule has 0 fully saturated rings. The van der Waals surface area contributed by atoms with E-state index in [0.29, 0.717) is 24.6 Å². The molecule has 0 atom stereocenters. The predicted octanol–water partition coefficient (Wildman–Crippen LogP) is 2.74. The predicted molar refractivity (Wildman–Crippen MR) is 104 cm³/mol. The molecular formula is C18H20ClN5O2S. The Balaban J connectivity index is 1.81. The van der Waals surface area contributed by atoms with Gasteiger partial charge in [-0.3, -0.25) is 4.90 Å². The lowest BCUT2D eigenvalue weighted by Gasteiger charge is -2.20. The molecule has 3 rings (SSSR count). The molecular weight excluding hydrogens is 386 g/mol. The summed E-state index contributed by atoms with van der Waals surface area (Å²) in [4.78, 5) is 2.43. The second kappa shape index (κ2) is 8.16. The van der Waals surface area contributed by atoms with Crippen LogP contribution >= 0.6 is 11.6 Å². The highest BCUT2D eigenvalue weighted by atomic mass is 35.5. The lowest BCUT2D eigenvalue weighted by atomic mass is 10.2. The van der Waals surface area contributed by atoms with Gasteiger partial charge in [-0.05, 0) is 52.9 Å². The Kier molecular flexibility index (Phi) is 5.88. The summed E-state index contributed by atoms with van der Waals surface area (Å²) < 4.78 is 24.8. The van der Waals surface area contributed by atoms with E-state index in [1.54, 1.807) is 28.9 Å². The van der Waals surface area contributed by atoms with Crippen LogP contribution in [-0.4, -0.2) is 46.3 Å². The molecule has 0 unspecified atom stereocenters. The molecule has 0 aliphatic heterocycles. The van der Waals surface area contributed by atoms with Crippen LogP contribution in [0, 0.1) is 0 Å². The van der Waals surface area contributed by atoms with E-state index in [1.807, 2.05) is 24.3 Å². The number of rotatable bonds is 7. The van der Waals surface area contributed by atoms with Crippen molar-refractivity contribution in [2.45, 2.75) is 24.9 Å². The van der Waals surface area contributed by atoms with Gasteiger partial charge in [0, 0.05) is 17.8 Å². The molecule has 0 aliphatic carbocycles. The first-order chi connectivity index (χ1) is 12.9. The Bertz CT molecular complexity index is 1020. The average Bonchev–Trinajstić information content (AvgIpc) is 3.10. The van der Waals surface area contributed by atoms with Crippen molar-refractivity contribution in [2.75, 3.05) is 12.8 Å². The van der Waals surface area contributed by atoms with Gasteiger partial charge in [-0.2, -0.15) is 4.68 Å². The first-order valence-corrected chi connectivity index (χ1v) is 10.7. The molecule has 2 aromatic carbocycles. The molecule has 0 bridgehead atoms. The van der Waals surface area contributed by atoms with Gasteiger partial charge in [-0.15, -0.1) is 5.10 Å². The van der Waals surface area contributed by atoms with Crippen molar-refractivity contribution in [3.05, 3.63) is 64.9 Å². The van der Waals surface area contributed by atoms with Crippen molar-refractivity contribution in [2.24, 2.45) is 0 Å². The number of hydrogen-bond donors (Lipinski definition) is 0. The summed E-state index contributed by atoms with van der Waals surface area (Å²) in [5, 5.41) is 12.7. The molecule has 142 valence electrons. The van der Waals surface area contributed by atoms with Crippen LogP contribution in [0.25, 0.3) is 5.69 Å². The lowest BCUT2D eigenvalue weighted by Crippen LogP contribution is -2.24. The fraction of sp³-hybridized carbons (Fsp3) is 0.278. The van der Waals surface area contributed by atoms with Crippen LogP contribution in [0.3, 0.4) is 0 Å². The van der Waals surface area contributed by atoms with Crippen molar-refractivity contribution >= 4 is 21.4 Å². The number of sulfone groups is 1. The topological polar surface area (TPSA) is 81.0 Å². The van der Waals surface area contributed by atoms with Gasteiger partial charge in [-0.1, -0.05) is 36.7 Å². The summed E-state index contributed by atoms with van der Waals surface area (Å²) in [7, 11) is -3.24. The highest BCUT2D eigenvalue weighted by Crippen LogP contribution is 2.19. The Hall–Kier alpha value is -2.29. The first-order valence-electron chi connectivity index (χ1n) is 8.42. The van der Waals surface area contributed by atoms with Gasteiger partial charge >= 0.3 is 0 Å². The summed E-state index contributed by atoms with van der Waals surface area (Å²) in [6.07, 6.45) is 1.18. The third kappa shape index (κ3) is 4.71.